The number of nitrogens with zero attached hydrogens (tertiary/aromatic N) is 2. The Bertz CT molecular complexity index is 723. The molecule has 0 fully saturated rings. The summed E-state index contributed by atoms with van der Waals surface area (Å²) in [6.45, 7) is 0.721. The van der Waals surface area contributed by atoms with Gasteiger partial charge >= 0.3 is 0 Å². The Morgan fingerprint density at radius 2 is 1.86 bits per heavy atom. The van der Waals surface area contributed by atoms with Crippen LogP contribution >= 0.6 is 11.6 Å². The zero-order valence-electron chi connectivity index (χ0n) is 11.6. The van der Waals surface area contributed by atoms with Crippen LogP contribution in [-0.4, -0.2) is 12.5 Å². The van der Waals surface area contributed by atoms with Crippen molar-refractivity contribution < 1.29 is 0 Å². The Labute approximate surface area is 129 Å². The first-order valence-corrected chi connectivity index (χ1v) is 7.53. The summed E-state index contributed by atoms with van der Waals surface area (Å²) in [4.78, 5) is 6.71. The molecule has 1 spiro atoms. The molecule has 2 aromatic carbocycles. The molecule has 0 amide bonds. The molecular weight excluding hydrogens is 282 g/mol. The third kappa shape index (κ3) is 1.77. The highest BCUT2D eigenvalue weighted by Crippen LogP contribution is 2.46. The molecule has 1 heterocycles. The molecule has 1 unspecified atom stereocenters. The number of fused-ring (bicyclic) bond motifs is 2. The summed E-state index contributed by atoms with van der Waals surface area (Å²) in [7, 11) is 0. The highest BCUT2D eigenvalue weighted by atomic mass is 35.5. The molecule has 4 heteroatoms. The van der Waals surface area contributed by atoms with Crippen molar-refractivity contribution in [3.8, 4) is 0 Å². The minimum absolute atomic E-state index is 0.130. The Morgan fingerprint density at radius 3 is 2.67 bits per heavy atom. The van der Waals surface area contributed by atoms with Crippen LogP contribution in [0.25, 0.3) is 0 Å². The maximum absolute atomic E-state index is 6.20. The molecular formula is C17H16ClN3. The minimum atomic E-state index is -0.130. The summed E-state index contributed by atoms with van der Waals surface area (Å²) in [6, 6.07) is 16.4. The van der Waals surface area contributed by atoms with Gasteiger partial charge in [-0.25, -0.2) is 0 Å². The lowest BCUT2D eigenvalue weighted by molar-refractivity contribution is 0.476. The van der Waals surface area contributed by atoms with Crippen molar-refractivity contribution in [1.29, 1.82) is 0 Å². The standard InChI is InChI=1S/C17H16ClN3/c18-13-5-7-14(8-6-13)21-16(19)20-11-17(21)10-9-12-3-1-2-4-15(12)17/h1-8H,9-11H2,(H2,19,20). The number of rotatable bonds is 1. The Hall–Kier alpha value is -2.00. The maximum Gasteiger partial charge on any atom is 0.196 e. The average molecular weight is 298 g/mol. The molecule has 4 rings (SSSR count). The van der Waals surface area contributed by atoms with E-state index in [1.54, 1.807) is 0 Å². The van der Waals surface area contributed by atoms with Gasteiger partial charge in [-0.3, -0.25) is 4.99 Å². The molecule has 106 valence electrons. The van der Waals surface area contributed by atoms with Gasteiger partial charge in [0.05, 0.1) is 12.1 Å². The molecule has 2 aromatic rings. The third-order valence-corrected chi connectivity index (χ3v) is 4.82. The van der Waals surface area contributed by atoms with E-state index in [0.717, 1.165) is 30.1 Å². The predicted molar refractivity (Wildman–Crippen MR) is 86.9 cm³/mol. The number of aryl methyl sites for hydroxylation is 1. The van der Waals surface area contributed by atoms with Crippen molar-refractivity contribution in [1.82, 2.24) is 0 Å². The summed E-state index contributed by atoms with van der Waals surface area (Å²) in [5.74, 6) is 0.592. The topological polar surface area (TPSA) is 41.6 Å². The second kappa shape index (κ2) is 4.50. The van der Waals surface area contributed by atoms with Crippen LogP contribution in [0.5, 0.6) is 0 Å². The smallest absolute Gasteiger partial charge is 0.196 e. The number of aliphatic imine (C=N–C) groups is 1. The van der Waals surface area contributed by atoms with Crippen molar-refractivity contribution in [3.05, 3.63) is 64.7 Å². The second-order valence-corrected chi connectivity index (χ2v) is 6.11. The number of halogens is 1. The fourth-order valence-electron chi connectivity index (χ4n) is 3.61. The van der Waals surface area contributed by atoms with Crippen LogP contribution in [0, 0.1) is 0 Å². The summed E-state index contributed by atoms with van der Waals surface area (Å²) in [5.41, 5.74) is 9.88. The number of hydrogen-bond acceptors (Lipinski definition) is 3. The van der Waals surface area contributed by atoms with Gasteiger partial charge in [-0.2, -0.15) is 0 Å². The number of anilines is 1. The summed E-state index contributed by atoms with van der Waals surface area (Å²) >= 11 is 6.01. The first-order valence-electron chi connectivity index (χ1n) is 7.15. The van der Waals surface area contributed by atoms with Gasteiger partial charge in [0.15, 0.2) is 5.96 Å². The molecule has 0 saturated carbocycles. The number of nitrogens with two attached hydrogens (primary N) is 1. The van der Waals surface area contributed by atoms with Crippen LogP contribution in [0.2, 0.25) is 5.02 Å². The molecule has 0 radical (unpaired) electrons. The van der Waals surface area contributed by atoms with Crippen molar-refractivity contribution in [2.45, 2.75) is 18.4 Å². The van der Waals surface area contributed by atoms with E-state index in [1.807, 2.05) is 24.3 Å². The van der Waals surface area contributed by atoms with Gasteiger partial charge in [-0.15, -0.1) is 0 Å². The van der Waals surface area contributed by atoms with Gasteiger partial charge in [-0.05, 0) is 48.2 Å². The van der Waals surface area contributed by atoms with Crippen LogP contribution in [0.1, 0.15) is 17.5 Å². The van der Waals surface area contributed by atoms with Gasteiger partial charge in [-0.1, -0.05) is 35.9 Å². The zero-order chi connectivity index (χ0) is 14.4. The highest BCUT2D eigenvalue weighted by Gasteiger charge is 2.48. The third-order valence-electron chi connectivity index (χ3n) is 4.57. The van der Waals surface area contributed by atoms with E-state index in [2.05, 4.69) is 34.2 Å². The first-order chi connectivity index (χ1) is 10.2. The van der Waals surface area contributed by atoms with E-state index in [4.69, 9.17) is 17.3 Å². The molecule has 0 saturated heterocycles. The van der Waals surface area contributed by atoms with Crippen molar-refractivity contribution in [3.63, 3.8) is 0 Å². The monoisotopic (exact) mass is 297 g/mol. The largest absolute Gasteiger partial charge is 0.369 e. The highest BCUT2D eigenvalue weighted by molar-refractivity contribution is 6.30. The molecule has 2 N–H and O–H groups in total. The molecule has 1 aliphatic carbocycles. The van der Waals surface area contributed by atoms with Gasteiger partial charge in [0, 0.05) is 10.7 Å². The lowest BCUT2D eigenvalue weighted by Gasteiger charge is -2.37. The Morgan fingerprint density at radius 1 is 1.10 bits per heavy atom. The molecule has 0 aromatic heterocycles. The zero-order valence-corrected chi connectivity index (χ0v) is 12.3. The van der Waals surface area contributed by atoms with Crippen molar-refractivity contribution >= 4 is 23.2 Å². The van der Waals surface area contributed by atoms with Gasteiger partial charge < -0.3 is 10.6 Å². The SMILES string of the molecule is NC1=NCC2(CCc3ccccc32)N1c1ccc(Cl)cc1. The Kier molecular flexibility index (Phi) is 2.73. The van der Waals surface area contributed by atoms with Gasteiger partial charge in [0.2, 0.25) is 0 Å². The van der Waals surface area contributed by atoms with Crippen LogP contribution < -0.4 is 10.6 Å². The quantitative estimate of drug-likeness (QED) is 0.877. The van der Waals surface area contributed by atoms with Crippen molar-refractivity contribution in [2.75, 3.05) is 11.4 Å². The predicted octanol–water partition coefficient (Wildman–Crippen LogP) is 3.32. The van der Waals surface area contributed by atoms with Gasteiger partial charge in [0.1, 0.15) is 0 Å². The fraction of sp³-hybridized carbons (Fsp3) is 0.235. The second-order valence-electron chi connectivity index (χ2n) is 5.67. The number of benzene rings is 2. The summed E-state index contributed by atoms with van der Waals surface area (Å²) < 4.78 is 0. The molecule has 1 atom stereocenters. The van der Waals surface area contributed by atoms with E-state index in [0.29, 0.717) is 5.96 Å². The molecule has 1 aliphatic heterocycles. The van der Waals surface area contributed by atoms with E-state index in [1.165, 1.54) is 11.1 Å². The maximum atomic E-state index is 6.20. The summed E-state index contributed by atoms with van der Waals surface area (Å²) in [6.07, 6.45) is 2.11. The molecule has 3 nitrogen and oxygen atoms in total. The van der Waals surface area contributed by atoms with Gasteiger partial charge in [0.25, 0.3) is 0 Å². The number of hydrogen-bond donors (Lipinski definition) is 1. The minimum Gasteiger partial charge on any atom is -0.369 e. The summed E-state index contributed by atoms with van der Waals surface area (Å²) in [5, 5.41) is 0.731. The van der Waals surface area contributed by atoms with Crippen LogP contribution in [0.15, 0.2) is 53.5 Å². The Balaban J connectivity index is 1.85. The fourth-order valence-corrected chi connectivity index (χ4v) is 3.73. The van der Waals surface area contributed by atoms with E-state index in [-0.39, 0.29) is 5.54 Å². The van der Waals surface area contributed by atoms with Crippen molar-refractivity contribution in [2.24, 2.45) is 10.7 Å². The number of guanidine groups is 1. The normalized spacial score (nSPS) is 23.5. The lowest BCUT2D eigenvalue weighted by atomic mass is 9.90. The van der Waals surface area contributed by atoms with E-state index >= 15 is 0 Å². The van der Waals surface area contributed by atoms with E-state index < -0.39 is 0 Å². The molecule has 21 heavy (non-hydrogen) atoms. The molecule has 2 aliphatic rings. The first kappa shape index (κ1) is 12.7. The molecule has 0 bridgehead atoms. The average Bonchev–Trinajstić information content (AvgIpc) is 3.04. The van der Waals surface area contributed by atoms with E-state index in [9.17, 15) is 0 Å². The van der Waals surface area contributed by atoms with Crippen LogP contribution in [0.3, 0.4) is 0 Å². The lowest BCUT2D eigenvalue weighted by Crippen LogP contribution is -2.48. The van der Waals surface area contributed by atoms with Crippen LogP contribution in [-0.2, 0) is 12.0 Å². The van der Waals surface area contributed by atoms with Crippen LogP contribution in [0.4, 0.5) is 5.69 Å².